The molecular formula is C14H21NO3. The minimum absolute atomic E-state index is 0.655. The van der Waals surface area contributed by atoms with Crippen LogP contribution in [0.25, 0.3) is 0 Å². The Kier molecular flexibility index (Phi) is 4.31. The van der Waals surface area contributed by atoms with E-state index in [0.29, 0.717) is 11.8 Å². The highest BCUT2D eigenvalue weighted by Crippen LogP contribution is 2.34. The lowest BCUT2D eigenvalue weighted by Crippen LogP contribution is -2.34. The van der Waals surface area contributed by atoms with Gasteiger partial charge in [-0.15, -0.1) is 0 Å². The molecule has 1 aliphatic carbocycles. The van der Waals surface area contributed by atoms with Crippen LogP contribution in [0.15, 0.2) is 12.1 Å². The van der Waals surface area contributed by atoms with Crippen molar-refractivity contribution in [1.82, 2.24) is 5.32 Å². The van der Waals surface area contributed by atoms with E-state index >= 15 is 0 Å². The summed E-state index contributed by atoms with van der Waals surface area (Å²) in [6, 6.07) is 4.50. The van der Waals surface area contributed by atoms with E-state index in [1.54, 1.807) is 21.3 Å². The van der Waals surface area contributed by atoms with Crippen molar-refractivity contribution in [3.63, 3.8) is 0 Å². The van der Waals surface area contributed by atoms with Gasteiger partial charge in [0.1, 0.15) is 5.75 Å². The molecule has 0 aromatic heterocycles. The van der Waals surface area contributed by atoms with Crippen LogP contribution in [0, 0.1) is 0 Å². The summed E-state index contributed by atoms with van der Waals surface area (Å²) < 4.78 is 16.0. The molecule has 100 valence electrons. The lowest BCUT2D eigenvalue weighted by atomic mass is 9.93. The van der Waals surface area contributed by atoms with Gasteiger partial charge in [-0.2, -0.15) is 0 Å². The predicted octanol–water partition coefficient (Wildman–Crippen LogP) is 2.35. The highest BCUT2D eigenvalue weighted by Gasteiger charge is 2.18. The van der Waals surface area contributed by atoms with Crippen molar-refractivity contribution in [2.75, 3.05) is 21.3 Å². The fourth-order valence-electron chi connectivity index (χ4n) is 2.10. The molecule has 18 heavy (non-hydrogen) atoms. The largest absolute Gasteiger partial charge is 0.496 e. The van der Waals surface area contributed by atoms with Crippen LogP contribution in [0.5, 0.6) is 17.2 Å². The Morgan fingerprint density at radius 2 is 1.61 bits per heavy atom. The molecule has 4 heteroatoms. The van der Waals surface area contributed by atoms with Crippen LogP contribution in [0.2, 0.25) is 0 Å². The molecule has 0 spiro atoms. The molecule has 1 aromatic carbocycles. The second-order valence-electron chi connectivity index (χ2n) is 4.53. The van der Waals surface area contributed by atoms with E-state index in [1.807, 2.05) is 12.1 Å². The maximum Gasteiger partial charge on any atom is 0.164 e. The molecule has 0 amide bonds. The monoisotopic (exact) mass is 251 g/mol. The molecule has 2 rings (SSSR count). The average molecular weight is 251 g/mol. The fourth-order valence-corrected chi connectivity index (χ4v) is 2.10. The van der Waals surface area contributed by atoms with Gasteiger partial charge >= 0.3 is 0 Å². The second kappa shape index (κ2) is 5.96. The van der Waals surface area contributed by atoms with Crippen LogP contribution in [-0.2, 0) is 6.54 Å². The van der Waals surface area contributed by atoms with E-state index in [-0.39, 0.29) is 0 Å². The topological polar surface area (TPSA) is 39.7 Å². The van der Waals surface area contributed by atoms with Crippen LogP contribution < -0.4 is 19.5 Å². The molecule has 0 heterocycles. The summed E-state index contributed by atoms with van der Waals surface area (Å²) in [6.07, 6.45) is 3.88. The lowest BCUT2D eigenvalue weighted by Gasteiger charge is -2.27. The van der Waals surface area contributed by atoms with E-state index < -0.39 is 0 Å². The first-order chi connectivity index (χ1) is 8.78. The molecule has 0 aliphatic heterocycles. The second-order valence-corrected chi connectivity index (χ2v) is 4.53. The third-order valence-corrected chi connectivity index (χ3v) is 3.47. The molecule has 0 unspecified atom stereocenters. The van der Waals surface area contributed by atoms with Crippen molar-refractivity contribution < 1.29 is 14.2 Å². The maximum atomic E-state index is 5.40. The van der Waals surface area contributed by atoms with Gasteiger partial charge in [0.2, 0.25) is 0 Å². The van der Waals surface area contributed by atoms with Gasteiger partial charge in [-0.05, 0) is 18.9 Å². The zero-order valence-corrected chi connectivity index (χ0v) is 11.3. The van der Waals surface area contributed by atoms with Crippen LogP contribution in [-0.4, -0.2) is 27.4 Å². The number of hydrogen-bond donors (Lipinski definition) is 1. The summed E-state index contributed by atoms with van der Waals surface area (Å²) in [6.45, 7) is 0.800. The summed E-state index contributed by atoms with van der Waals surface area (Å²) in [5.41, 5.74) is 1.10. The van der Waals surface area contributed by atoms with Gasteiger partial charge in [-0.1, -0.05) is 6.42 Å². The highest BCUT2D eigenvalue weighted by molar-refractivity contribution is 5.50. The Bertz CT molecular complexity index is 402. The average Bonchev–Trinajstić information content (AvgIpc) is 2.36. The molecule has 0 atom stereocenters. The maximum absolute atomic E-state index is 5.40. The van der Waals surface area contributed by atoms with Crippen LogP contribution in [0.3, 0.4) is 0 Å². The fraction of sp³-hybridized carbons (Fsp3) is 0.571. The minimum Gasteiger partial charge on any atom is -0.496 e. The van der Waals surface area contributed by atoms with Crippen molar-refractivity contribution >= 4 is 0 Å². The van der Waals surface area contributed by atoms with Gasteiger partial charge in [-0.3, -0.25) is 0 Å². The SMILES string of the molecule is COc1cc(OC)c(OC)cc1CNC1CCC1. The number of ether oxygens (including phenoxy) is 3. The summed E-state index contributed by atoms with van der Waals surface area (Å²) >= 11 is 0. The van der Waals surface area contributed by atoms with Gasteiger partial charge in [0, 0.05) is 24.2 Å². The van der Waals surface area contributed by atoms with Crippen LogP contribution >= 0.6 is 0 Å². The number of hydrogen-bond acceptors (Lipinski definition) is 4. The third-order valence-electron chi connectivity index (χ3n) is 3.47. The zero-order chi connectivity index (χ0) is 13.0. The zero-order valence-electron chi connectivity index (χ0n) is 11.3. The Labute approximate surface area is 108 Å². The molecule has 1 fully saturated rings. The van der Waals surface area contributed by atoms with Gasteiger partial charge in [0.15, 0.2) is 11.5 Å². The van der Waals surface area contributed by atoms with E-state index in [0.717, 1.165) is 23.6 Å². The summed E-state index contributed by atoms with van der Waals surface area (Å²) in [5, 5.41) is 3.52. The normalized spacial score (nSPS) is 15.1. The molecule has 1 saturated carbocycles. The van der Waals surface area contributed by atoms with E-state index in [1.165, 1.54) is 19.3 Å². The van der Waals surface area contributed by atoms with Gasteiger partial charge < -0.3 is 19.5 Å². The Morgan fingerprint density at radius 1 is 1.00 bits per heavy atom. The first-order valence-corrected chi connectivity index (χ1v) is 6.30. The third kappa shape index (κ3) is 2.70. The van der Waals surface area contributed by atoms with E-state index in [2.05, 4.69) is 5.32 Å². The van der Waals surface area contributed by atoms with E-state index in [4.69, 9.17) is 14.2 Å². The van der Waals surface area contributed by atoms with Gasteiger partial charge in [0.25, 0.3) is 0 Å². The molecule has 1 aromatic rings. The highest BCUT2D eigenvalue weighted by atomic mass is 16.5. The van der Waals surface area contributed by atoms with Crippen molar-refractivity contribution in [1.29, 1.82) is 0 Å². The van der Waals surface area contributed by atoms with Crippen molar-refractivity contribution in [3.05, 3.63) is 17.7 Å². The number of rotatable bonds is 6. The first-order valence-electron chi connectivity index (χ1n) is 6.30. The van der Waals surface area contributed by atoms with Crippen LogP contribution in [0.4, 0.5) is 0 Å². The number of benzene rings is 1. The summed E-state index contributed by atoms with van der Waals surface area (Å²) in [7, 11) is 4.95. The smallest absolute Gasteiger partial charge is 0.164 e. The predicted molar refractivity (Wildman–Crippen MR) is 70.6 cm³/mol. The Balaban J connectivity index is 2.15. The Hall–Kier alpha value is -1.42. The molecule has 0 radical (unpaired) electrons. The quantitative estimate of drug-likeness (QED) is 0.842. The molecule has 1 aliphatic rings. The van der Waals surface area contributed by atoms with Crippen molar-refractivity contribution in [3.8, 4) is 17.2 Å². The molecule has 1 N–H and O–H groups in total. The summed E-state index contributed by atoms with van der Waals surface area (Å²) in [5.74, 6) is 2.27. The molecule has 0 saturated heterocycles. The van der Waals surface area contributed by atoms with Gasteiger partial charge in [-0.25, -0.2) is 0 Å². The first kappa shape index (κ1) is 13.0. The molecular weight excluding hydrogens is 230 g/mol. The van der Waals surface area contributed by atoms with E-state index in [9.17, 15) is 0 Å². The Morgan fingerprint density at radius 3 is 2.11 bits per heavy atom. The van der Waals surface area contributed by atoms with Crippen molar-refractivity contribution in [2.24, 2.45) is 0 Å². The van der Waals surface area contributed by atoms with Crippen molar-refractivity contribution in [2.45, 2.75) is 31.8 Å². The number of nitrogens with one attached hydrogen (secondary N) is 1. The lowest BCUT2D eigenvalue weighted by molar-refractivity contribution is 0.329. The standard InChI is InChI=1S/C14H21NO3/c1-16-12-8-14(18-3)13(17-2)7-10(12)9-15-11-5-4-6-11/h7-8,11,15H,4-6,9H2,1-3H3. The molecule has 0 bridgehead atoms. The minimum atomic E-state index is 0.655. The van der Waals surface area contributed by atoms with Crippen LogP contribution in [0.1, 0.15) is 24.8 Å². The summed E-state index contributed by atoms with van der Waals surface area (Å²) in [4.78, 5) is 0. The van der Waals surface area contributed by atoms with Gasteiger partial charge in [0.05, 0.1) is 21.3 Å². The molecule has 4 nitrogen and oxygen atoms in total. The number of methoxy groups -OCH3 is 3.